The zero-order valence-electron chi connectivity index (χ0n) is 10.4. The number of aliphatic hydroxyl groups is 1. The second kappa shape index (κ2) is 8.41. The maximum absolute atomic E-state index is 12.0. The molecule has 0 bridgehead atoms. The third-order valence-corrected chi connectivity index (χ3v) is 2.71. The number of methoxy groups -OCH3 is 1. The van der Waals surface area contributed by atoms with Crippen LogP contribution in [0.4, 0.5) is 0 Å². The number of hydrogen-bond acceptors (Lipinski definition) is 5. The Morgan fingerprint density at radius 3 is 3.00 bits per heavy atom. The second-order valence-electron chi connectivity index (χ2n) is 4.03. The van der Waals surface area contributed by atoms with E-state index in [4.69, 9.17) is 14.6 Å². The number of amides is 1. The summed E-state index contributed by atoms with van der Waals surface area (Å²) < 4.78 is 10.2. The topological polar surface area (TPSA) is 71.0 Å². The minimum Gasteiger partial charge on any atom is -0.395 e. The summed E-state index contributed by atoms with van der Waals surface area (Å²) in [5.74, 6) is 0.0269. The van der Waals surface area contributed by atoms with Gasteiger partial charge in [-0.2, -0.15) is 0 Å². The van der Waals surface area contributed by atoms with E-state index in [9.17, 15) is 4.79 Å². The standard InChI is InChI=1S/C11H22N2O4/c1-16-7-4-13(3-5-14)11(15)8-10-9-17-6-2-12-10/h10,12,14H,2-9H2,1H3. The van der Waals surface area contributed by atoms with Crippen LogP contribution in [0.1, 0.15) is 6.42 Å². The van der Waals surface area contributed by atoms with Gasteiger partial charge < -0.3 is 24.8 Å². The quantitative estimate of drug-likeness (QED) is 0.592. The van der Waals surface area contributed by atoms with Gasteiger partial charge in [0.05, 0.1) is 26.4 Å². The second-order valence-corrected chi connectivity index (χ2v) is 4.03. The van der Waals surface area contributed by atoms with Crippen LogP contribution < -0.4 is 5.32 Å². The summed E-state index contributed by atoms with van der Waals surface area (Å²) in [6.45, 7) is 3.40. The van der Waals surface area contributed by atoms with Gasteiger partial charge in [0.1, 0.15) is 0 Å². The van der Waals surface area contributed by atoms with Crippen LogP contribution in [0.5, 0.6) is 0 Å². The van der Waals surface area contributed by atoms with Crippen molar-refractivity contribution in [2.24, 2.45) is 0 Å². The molecule has 0 aromatic carbocycles. The summed E-state index contributed by atoms with van der Waals surface area (Å²) in [7, 11) is 1.60. The molecule has 1 fully saturated rings. The minimum atomic E-state index is -0.0238. The molecule has 1 amide bonds. The van der Waals surface area contributed by atoms with Crippen LogP contribution in [0.15, 0.2) is 0 Å². The molecular weight excluding hydrogens is 224 g/mol. The van der Waals surface area contributed by atoms with Crippen molar-refractivity contribution in [2.45, 2.75) is 12.5 Å². The molecule has 1 heterocycles. The maximum Gasteiger partial charge on any atom is 0.224 e. The van der Waals surface area contributed by atoms with Crippen molar-refractivity contribution < 1.29 is 19.4 Å². The number of nitrogens with zero attached hydrogens (tertiary/aromatic N) is 1. The lowest BCUT2D eigenvalue weighted by molar-refractivity contribution is -0.133. The van der Waals surface area contributed by atoms with Crippen LogP contribution in [-0.4, -0.2) is 75.1 Å². The fraction of sp³-hybridized carbons (Fsp3) is 0.909. The van der Waals surface area contributed by atoms with E-state index in [1.165, 1.54) is 0 Å². The van der Waals surface area contributed by atoms with Gasteiger partial charge in [0.15, 0.2) is 0 Å². The molecule has 1 unspecified atom stereocenters. The molecule has 2 N–H and O–H groups in total. The van der Waals surface area contributed by atoms with Crippen LogP contribution in [0.25, 0.3) is 0 Å². The first-order valence-corrected chi connectivity index (χ1v) is 5.96. The Hall–Kier alpha value is -0.690. The Labute approximate surface area is 102 Å². The van der Waals surface area contributed by atoms with E-state index in [0.29, 0.717) is 39.3 Å². The van der Waals surface area contributed by atoms with E-state index < -0.39 is 0 Å². The third kappa shape index (κ3) is 5.45. The molecule has 0 aromatic rings. The molecule has 1 rings (SSSR count). The average molecular weight is 246 g/mol. The largest absolute Gasteiger partial charge is 0.395 e. The van der Waals surface area contributed by atoms with Gasteiger partial charge in [-0.25, -0.2) is 0 Å². The first-order chi connectivity index (χ1) is 8.27. The van der Waals surface area contributed by atoms with Crippen molar-refractivity contribution in [3.05, 3.63) is 0 Å². The Bertz CT molecular complexity index is 220. The van der Waals surface area contributed by atoms with E-state index in [0.717, 1.165) is 6.54 Å². The van der Waals surface area contributed by atoms with Crippen LogP contribution >= 0.6 is 0 Å². The number of morpholine rings is 1. The van der Waals surface area contributed by atoms with Gasteiger partial charge in [0, 0.05) is 39.2 Å². The third-order valence-electron chi connectivity index (χ3n) is 2.71. The van der Waals surface area contributed by atoms with Gasteiger partial charge in [-0.15, -0.1) is 0 Å². The molecule has 1 aliphatic rings. The Balaban J connectivity index is 2.34. The number of nitrogens with one attached hydrogen (secondary N) is 1. The molecule has 0 saturated carbocycles. The monoisotopic (exact) mass is 246 g/mol. The molecule has 0 radical (unpaired) electrons. The van der Waals surface area contributed by atoms with Gasteiger partial charge in [-0.3, -0.25) is 4.79 Å². The average Bonchev–Trinajstić information content (AvgIpc) is 2.35. The lowest BCUT2D eigenvalue weighted by Crippen LogP contribution is -2.46. The van der Waals surface area contributed by atoms with Crippen LogP contribution in [0, 0.1) is 0 Å². The number of ether oxygens (including phenoxy) is 2. The van der Waals surface area contributed by atoms with Gasteiger partial charge in [0.25, 0.3) is 0 Å². The van der Waals surface area contributed by atoms with Crippen molar-refractivity contribution in [3.8, 4) is 0 Å². The molecular formula is C11H22N2O4. The lowest BCUT2D eigenvalue weighted by atomic mass is 10.2. The Morgan fingerprint density at radius 2 is 2.41 bits per heavy atom. The normalized spacial score (nSPS) is 20.2. The summed E-state index contributed by atoms with van der Waals surface area (Å²) in [5.41, 5.74) is 0. The SMILES string of the molecule is COCCN(CCO)C(=O)CC1COCCN1. The smallest absolute Gasteiger partial charge is 0.224 e. The van der Waals surface area contributed by atoms with E-state index in [2.05, 4.69) is 5.32 Å². The summed E-state index contributed by atoms with van der Waals surface area (Å²) >= 11 is 0. The fourth-order valence-corrected chi connectivity index (χ4v) is 1.77. The van der Waals surface area contributed by atoms with Crippen molar-refractivity contribution in [1.29, 1.82) is 0 Å². The molecule has 0 aliphatic carbocycles. The van der Waals surface area contributed by atoms with Crippen LogP contribution in [0.2, 0.25) is 0 Å². The molecule has 100 valence electrons. The summed E-state index contributed by atoms with van der Waals surface area (Å²) in [5, 5.41) is 12.2. The van der Waals surface area contributed by atoms with Crippen LogP contribution in [-0.2, 0) is 14.3 Å². The number of rotatable bonds is 7. The fourth-order valence-electron chi connectivity index (χ4n) is 1.77. The van der Waals surface area contributed by atoms with Crippen molar-refractivity contribution >= 4 is 5.91 Å². The molecule has 6 nitrogen and oxygen atoms in total. The van der Waals surface area contributed by atoms with E-state index in [1.807, 2.05) is 0 Å². The number of carbonyl (C=O) groups is 1. The molecule has 6 heteroatoms. The van der Waals surface area contributed by atoms with E-state index in [1.54, 1.807) is 12.0 Å². The number of aliphatic hydroxyl groups excluding tert-OH is 1. The first kappa shape index (κ1) is 14.4. The maximum atomic E-state index is 12.0. The van der Waals surface area contributed by atoms with Gasteiger partial charge >= 0.3 is 0 Å². The predicted octanol–water partition coefficient (Wildman–Crippen LogP) is -1.17. The zero-order chi connectivity index (χ0) is 12.5. The molecule has 0 aromatic heterocycles. The summed E-state index contributed by atoms with van der Waals surface area (Å²) in [6.07, 6.45) is 0.406. The molecule has 1 aliphatic heterocycles. The Kier molecular flexibility index (Phi) is 7.11. The number of hydrogen-bond donors (Lipinski definition) is 2. The molecule has 17 heavy (non-hydrogen) atoms. The van der Waals surface area contributed by atoms with Gasteiger partial charge in [-0.05, 0) is 0 Å². The molecule has 1 atom stereocenters. The summed E-state index contributed by atoms with van der Waals surface area (Å²) in [6, 6.07) is 0.0833. The highest BCUT2D eigenvalue weighted by Gasteiger charge is 2.20. The van der Waals surface area contributed by atoms with E-state index >= 15 is 0 Å². The molecule has 1 saturated heterocycles. The van der Waals surface area contributed by atoms with Gasteiger partial charge in [-0.1, -0.05) is 0 Å². The highest BCUT2D eigenvalue weighted by atomic mass is 16.5. The predicted molar refractivity (Wildman–Crippen MR) is 62.8 cm³/mol. The first-order valence-electron chi connectivity index (χ1n) is 5.96. The van der Waals surface area contributed by atoms with Crippen LogP contribution in [0.3, 0.4) is 0 Å². The highest BCUT2D eigenvalue weighted by molar-refractivity contribution is 5.76. The molecule has 0 spiro atoms. The minimum absolute atomic E-state index is 0.0238. The van der Waals surface area contributed by atoms with E-state index in [-0.39, 0.29) is 18.6 Å². The Morgan fingerprint density at radius 1 is 1.59 bits per heavy atom. The zero-order valence-corrected chi connectivity index (χ0v) is 10.4. The van der Waals surface area contributed by atoms with Gasteiger partial charge in [0.2, 0.25) is 5.91 Å². The summed E-state index contributed by atoms with van der Waals surface area (Å²) in [4.78, 5) is 13.6. The van der Waals surface area contributed by atoms with Crippen molar-refractivity contribution in [2.75, 3.05) is 53.2 Å². The lowest BCUT2D eigenvalue weighted by Gasteiger charge is -2.27. The highest BCUT2D eigenvalue weighted by Crippen LogP contribution is 2.02. The van der Waals surface area contributed by atoms with Crippen molar-refractivity contribution in [1.82, 2.24) is 10.2 Å². The number of carbonyl (C=O) groups excluding carboxylic acids is 1. The van der Waals surface area contributed by atoms with Crippen molar-refractivity contribution in [3.63, 3.8) is 0 Å².